The molecule has 0 bridgehead atoms. The predicted molar refractivity (Wildman–Crippen MR) is 95.8 cm³/mol. The lowest BCUT2D eigenvalue weighted by molar-refractivity contribution is -0.133. The quantitative estimate of drug-likeness (QED) is 0.659. The van der Waals surface area contributed by atoms with Crippen LogP contribution in [-0.2, 0) is 15.9 Å². The second-order valence-electron chi connectivity index (χ2n) is 5.85. The van der Waals surface area contributed by atoms with Gasteiger partial charge in [0.25, 0.3) is 0 Å². The van der Waals surface area contributed by atoms with Crippen LogP contribution in [0.5, 0.6) is 0 Å². The summed E-state index contributed by atoms with van der Waals surface area (Å²) in [6.45, 7) is 4.62. The highest BCUT2D eigenvalue weighted by molar-refractivity contribution is 7.99. The second-order valence-corrected chi connectivity index (χ2v) is 7.38. The third-order valence-corrected chi connectivity index (χ3v) is 5.27. The van der Waals surface area contributed by atoms with Gasteiger partial charge in [0.15, 0.2) is 5.79 Å². The molecular formula is C19H19ClFO2S. The third kappa shape index (κ3) is 4.96. The van der Waals surface area contributed by atoms with Gasteiger partial charge in [0.1, 0.15) is 5.82 Å². The zero-order valence-electron chi connectivity index (χ0n) is 13.2. The second kappa shape index (κ2) is 7.87. The van der Waals surface area contributed by atoms with Crippen molar-refractivity contribution in [2.75, 3.05) is 12.4 Å². The molecule has 0 amide bonds. The Bertz CT molecular complexity index is 662. The third-order valence-electron chi connectivity index (χ3n) is 3.87. The van der Waals surface area contributed by atoms with E-state index in [-0.39, 0.29) is 11.9 Å². The van der Waals surface area contributed by atoms with Gasteiger partial charge in [-0.25, -0.2) is 4.39 Å². The van der Waals surface area contributed by atoms with E-state index >= 15 is 0 Å². The average Bonchev–Trinajstić information content (AvgIpc) is 2.96. The van der Waals surface area contributed by atoms with E-state index in [2.05, 4.69) is 6.92 Å². The fourth-order valence-electron chi connectivity index (χ4n) is 2.54. The maximum atomic E-state index is 12.9. The van der Waals surface area contributed by atoms with Crippen LogP contribution in [0.2, 0.25) is 5.02 Å². The van der Waals surface area contributed by atoms with E-state index in [0.29, 0.717) is 13.0 Å². The summed E-state index contributed by atoms with van der Waals surface area (Å²) in [5, 5.41) is 0.731. The summed E-state index contributed by atoms with van der Waals surface area (Å²) in [7, 11) is 0. The van der Waals surface area contributed by atoms with Crippen molar-refractivity contribution < 1.29 is 13.9 Å². The first kappa shape index (κ1) is 17.7. The van der Waals surface area contributed by atoms with Crippen molar-refractivity contribution in [2.24, 2.45) is 0 Å². The van der Waals surface area contributed by atoms with E-state index < -0.39 is 5.79 Å². The van der Waals surface area contributed by atoms with Gasteiger partial charge in [0.2, 0.25) is 0 Å². The highest BCUT2D eigenvalue weighted by Gasteiger charge is 2.36. The van der Waals surface area contributed by atoms with E-state index in [0.717, 1.165) is 22.1 Å². The molecule has 0 aromatic heterocycles. The van der Waals surface area contributed by atoms with Gasteiger partial charge < -0.3 is 9.47 Å². The molecule has 2 unspecified atom stereocenters. The molecule has 2 aromatic carbocycles. The fraction of sp³-hybridized carbons (Fsp3) is 0.316. The zero-order valence-corrected chi connectivity index (χ0v) is 14.8. The Balaban J connectivity index is 1.46. The number of benzene rings is 2. The summed E-state index contributed by atoms with van der Waals surface area (Å²) in [5.41, 5.74) is 1.18. The summed E-state index contributed by atoms with van der Waals surface area (Å²) in [5.74, 6) is -0.267. The molecule has 0 N–H and O–H groups in total. The average molecular weight is 366 g/mol. The van der Waals surface area contributed by atoms with Crippen molar-refractivity contribution in [1.82, 2.24) is 0 Å². The first-order valence-electron chi connectivity index (χ1n) is 7.82. The SMILES string of the molecule is [CH2]C1(CCc2ccc(Cl)cc2)OCC(CSc2ccc(F)cc2)O1. The van der Waals surface area contributed by atoms with Gasteiger partial charge in [-0.05, 0) is 48.4 Å². The molecule has 1 aliphatic heterocycles. The van der Waals surface area contributed by atoms with Crippen LogP contribution < -0.4 is 0 Å². The molecule has 1 saturated heterocycles. The van der Waals surface area contributed by atoms with E-state index in [9.17, 15) is 4.39 Å². The minimum absolute atomic E-state index is 0.0113. The Morgan fingerprint density at radius 2 is 1.88 bits per heavy atom. The number of thioether (sulfide) groups is 1. The summed E-state index contributed by atoms with van der Waals surface area (Å²) >= 11 is 7.52. The van der Waals surface area contributed by atoms with Crippen molar-refractivity contribution in [1.29, 1.82) is 0 Å². The molecule has 5 heteroatoms. The lowest BCUT2D eigenvalue weighted by atomic mass is 10.1. The van der Waals surface area contributed by atoms with Crippen LogP contribution in [0, 0.1) is 12.7 Å². The summed E-state index contributed by atoms with van der Waals surface area (Å²) in [6.07, 6.45) is 1.49. The summed E-state index contributed by atoms with van der Waals surface area (Å²) in [6, 6.07) is 14.2. The molecule has 2 aromatic rings. The normalized spacial score (nSPS) is 23.5. The number of halogens is 2. The van der Waals surface area contributed by atoms with Crippen LogP contribution in [-0.4, -0.2) is 24.3 Å². The number of hydrogen-bond acceptors (Lipinski definition) is 3. The van der Waals surface area contributed by atoms with Crippen LogP contribution in [0.4, 0.5) is 4.39 Å². The van der Waals surface area contributed by atoms with E-state index in [1.807, 2.05) is 24.3 Å². The van der Waals surface area contributed by atoms with Crippen LogP contribution in [0.15, 0.2) is 53.4 Å². The van der Waals surface area contributed by atoms with Crippen LogP contribution >= 0.6 is 23.4 Å². The van der Waals surface area contributed by atoms with Gasteiger partial charge in [-0.3, -0.25) is 0 Å². The number of aryl methyl sites for hydroxylation is 1. The maximum Gasteiger partial charge on any atom is 0.169 e. The van der Waals surface area contributed by atoms with Gasteiger partial charge >= 0.3 is 0 Å². The molecule has 1 heterocycles. The Labute approximate surface area is 151 Å². The molecule has 0 aliphatic carbocycles. The van der Waals surface area contributed by atoms with Gasteiger partial charge in [-0.15, -0.1) is 11.8 Å². The highest BCUT2D eigenvalue weighted by Crippen LogP contribution is 2.31. The van der Waals surface area contributed by atoms with E-state index in [1.165, 1.54) is 17.7 Å². The van der Waals surface area contributed by atoms with Crippen molar-refractivity contribution in [2.45, 2.75) is 29.6 Å². The molecule has 1 aliphatic rings. The van der Waals surface area contributed by atoms with Crippen LogP contribution in [0.25, 0.3) is 0 Å². The Kier molecular flexibility index (Phi) is 5.82. The lowest BCUT2D eigenvalue weighted by Crippen LogP contribution is -2.28. The first-order valence-corrected chi connectivity index (χ1v) is 9.19. The Morgan fingerprint density at radius 1 is 1.17 bits per heavy atom. The van der Waals surface area contributed by atoms with Crippen molar-refractivity contribution in [3.63, 3.8) is 0 Å². The van der Waals surface area contributed by atoms with Crippen LogP contribution in [0.1, 0.15) is 12.0 Å². The Hall–Kier alpha value is -1.07. The fourth-order valence-corrected chi connectivity index (χ4v) is 3.53. The van der Waals surface area contributed by atoms with Gasteiger partial charge in [0, 0.05) is 29.0 Å². The van der Waals surface area contributed by atoms with E-state index in [1.54, 1.807) is 23.9 Å². The molecular weight excluding hydrogens is 347 g/mol. The molecule has 0 spiro atoms. The van der Waals surface area contributed by atoms with Crippen molar-refractivity contribution >= 4 is 23.4 Å². The van der Waals surface area contributed by atoms with Gasteiger partial charge in [0.05, 0.1) is 12.7 Å². The predicted octanol–water partition coefficient (Wildman–Crippen LogP) is 5.15. The van der Waals surface area contributed by atoms with Gasteiger partial charge in [-0.2, -0.15) is 0 Å². The minimum Gasteiger partial charge on any atom is -0.347 e. The molecule has 1 fully saturated rings. The monoisotopic (exact) mass is 365 g/mol. The molecule has 127 valence electrons. The Morgan fingerprint density at radius 3 is 2.58 bits per heavy atom. The standard InChI is InChI=1S/C19H19ClFO2S/c1-19(11-10-14-2-4-15(20)5-3-14)22-12-17(23-19)13-24-18-8-6-16(21)7-9-18/h2-9,17H,1,10-13H2. The molecule has 0 saturated carbocycles. The number of ether oxygens (including phenoxy) is 2. The molecule has 2 atom stereocenters. The summed E-state index contributed by atoms with van der Waals surface area (Å²) in [4.78, 5) is 1.02. The van der Waals surface area contributed by atoms with Crippen LogP contribution in [0.3, 0.4) is 0 Å². The largest absolute Gasteiger partial charge is 0.347 e. The smallest absolute Gasteiger partial charge is 0.169 e. The van der Waals surface area contributed by atoms with E-state index in [4.69, 9.17) is 21.1 Å². The molecule has 1 radical (unpaired) electrons. The lowest BCUT2D eigenvalue weighted by Gasteiger charge is -2.23. The highest BCUT2D eigenvalue weighted by atomic mass is 35.5. The summed E-state index contributed by atoms with van der Waals surface area (Å²) < 4.78 is 24.7. The zero-order chi connectivity index (χ0) is 17.0. The first-order chi connectivity index (χ1) is 11.5. The van der Waals surface area contributed by atoms with Crippen molar-refractivity contribution in [3.8, 4) is 0 Å². The number of hydrogen-bond donors (Lipinski definition) is 0. The molecule has 3 rings (SSSR count). The van der Waals surface area contributed by atoms with Crippen molar-refractivity contribution in [3.05, 3.63) is 71.9 Å². The number of rotatable bonds is 6. The molecule has 2 nitrogen and oxygen atoms in total. The maximum absolute atomic E-state index is 12.9. The minimum atomic E-state index is -0.798. The molecule has 24 heavy (non-hydrogen) atoms. The topological polar surface area (TPSA) is 18.5 Å². The van der Waals surface area contributed by atoms with Gasteiger partial charge in [-0.1, -0.05) is 23.7 Å².